The number of nitrogens with zero attached hydrogens (tertiary/aromatic N) is 3. The van der Waals surface area contributed by atoms with Gasteiger partial charge in [0.15, 0.2) is 5.13 Å². The van der Waals surface area contributed by atoms with Crippen molar-refractivity contribution < 1.29 is 4.79 Å². The number of anilines is 1. The van der Waals surface area contributed by atoms with E-state index in [-0.39, 0.29) is 23.4 Å². The fourth-order valence-corrected chi connectivity index (χ4v) is 7.43. The average Bonchev–Trinajstić information content (AvgIpc) is 3.18. The average molecular weight is 421 g/mol. The monoisotopic (exact) mass is 420 g/mol. The molecule has 0 radical (unpaired) electrons. The highest BCUT2D eigenvalue weighted by Crippen LogP contribution is 2.60. The van der Waals surface area contributed by atoms with Gasteiger partial charge in [0.1, 0.15) is 6.54 Å². The number of nitrogens with one attached hydrogen (secondary N) is 1. The molecule has 154 valence electrons. The highest BCUT2D eigenvalue weighted by Gasteiger charge is 2.52. The molecule has 4 fully saturated rings. The Hall–Kier alpha value is -2.54. The molecule has 0 atom stereocenters. The number of thiazole rings is 1. The summed E-state index contributed by atoms with van der Waals surface area (Å²) in [6.45, 7) is -0.0475. The van der Waals surface area contributed by atoms with E-state index in [1.165, 1.54) is 66.3 Å². The zero-order valence-corrected chi connectivity index (χ0v) is 17.5. The number of hydrogen-bond donors (Lipinski definition) is 1. The summed E-state index contributed by atoms with van der Waals surface area (Å²) in [7, 11) is 0. The highest BCUT2D eigenvalue weighted by atomic mass is 32.1. The van der Waals surface area contributed by atoms with Gasteiger partial charge in [-0.3, -0.25) is 14.2 Å². The van der Waals surface area contributed by atoms with Crippen molar-refractivity contribution >= 4 is 33.4 Å². The van der Waals surface area contributed by atoms with Crippen LogP contribution in [0, 0.1) is 17.8 Å². The molecule has 0 aliphatic heterocycles. The van der Waals surface area contributed by atoms with E-state index in [1.807, 2.05) is 24.3 Å². The zero-order valence-electron chi connectivity index (χ0n) is 16.7. The Morgan fingerprint density at radius 3 is 2.57 bits per heavy atom. The third kappa shape index (κ3) is 2.98. The lowest BCUT2D eigenvalue weighted by molar-refractivity contribution is -0.116. The second-order valence-corrected chi connectivity index (χ2v) is 10.3. The van der Waals surface area contributed by atoms with Crippen LogP contribution in [0.2, 0.25) is 0 Å². The summed E-state index contributed by atoms with van der Waals surface area (Å²) in [6.07, 6.45) is 9.26. The molecule has 4 saturated carbocycles. The van der Waals surface area contributed by atoms with E-state index in [1.54, 1.807) is 0 Å². The third-order valence-electron chi connectivity index (χ3n) is 7.39. The van der Waals surface area contributed by atoms with E-state index >= 15 is 0 Å². The molecule has 4 bridgehead atoms. The van der Waals surface area contributed by atoms with Crippen LogP contribution in [0.5, 0.6) is 0 Å². The molecule has 0 spiro atoms. The fourth-order valence-electron chi connectivity index (χ4n) is 6.58. The maximum atomic E-state index is 12.7. The lowest BCUT2D eigenvalue weighted by Gasteiger charge is -2.56. The molecule has 4 aliphatic carbocycles. The van der Waals surface area contributed by atoms with E-state index in [4.69, 9.17) is 4.98 Å². The maximum absolute atomic E-state index is 12.7. The van der Waals surface area contributed by atoms with E-state index in [9.17, 15) is 9.59 Å². The minimum absolute atomic E-state index is 0.0475. The Morgan fingerprint density at radius 1 is 1.13 bits per heavy atom. The standard InChI is InChI=1S/C23H24N4O2S/c28-20(12-27-18-4-2-1-3-17(18)24-11-21(27)29)26-22-25-19(13-30-22)23-8-14-5-15(9-23)7-16(6-14)10-23/h1-4,11,13-16H,5-10,12H2,(H,25,26,28). The van der Waals surface area contributed by atoms with Crippen LogP contribution in [0.15, 0.2) is 40.6 Å². The van der Waals surface area contributed by atoms with Crippen LogP contribution >= 0.6 is 11.3 Å². The first-order valence-electron chi connectivity index (χ1n) is 10.8. The molecule has 7 heteroatoms. The van der Waals surface area contributed by atoms with Crippen molar-refractivity contribution in [3.05, 3.63) is 51.9 Å². The summed E-state index contributed by atoms with van der Waals surface area (Å²) >= 11 is 1.50. The Morgan fingerprint density at radius 2 is 1.83 bits per heavy atom. The van der Waals surface area contributed by atoms with Crippen molar-refractivity contribution in [1.29, 1.82) is 0 Å². The van der Waals surface area contributed by atoms with Gasteiger partial charge in [0.25, 0.3) is 5.56 Å². The van der Waals surface area contributed by atoms with Gasteiger partial charge in [0.05, 0.1) is 22.9 Å². The number of rotatable bonds is 4. The largest absolute Gasteiger partial charge is 0.300 e. The third-order valence-corrected chi connectivity index (χ3v) is 8.14. The number of benzene rings is 1. The normalized spacial score (nSPS) is 29.4. The lowest BCUT2D eigenvalue weighted by Crippen LogP contribution is -2.48. The van der Waals surface area contributed by atoms with E-state index < -0.39 is 0 Å². The summed E-state index contributed by atoms with van der Waals surface area (Å²) in [5, 5.41) is 5.71. The number of fused-ring (bicyclic) bond motifs is 1. The number of aromatic nitrogens is 3. The number of para-hydroxylation sites is 2. The molecular formula is C23H24N4O2S. The predicted octanol–water partition coefficient (Wildman–Crippen LogP) is 3.96. The fraction of sp³-hybridized carbons (Fsp3) is 0.478. The van der Waals surface area contributed by atoms with Crippen molar-refractivity contribution in [2.45, 2.75) is 50.5 Å². The van der Waals surface area contributed by atoms with Gasteiger partial charge in [-0.05, 0) is 68.4 Å². The second kappa shape index (κ2) is 6.74. The first-order chi connectivity index (χ1) is 14.6. The number of hydrogen-bond acceptors (Lipinski definition) is 5. The van der Waals surface area contributed by atoms with Crippen LogP contribution < -0.4 is 10.9 Å². The molecule has 2 aromatic heterocycles. The summed E-state index contributed by atoms with van der Waals surface area (Å²) in [5.41, 5.74) is 2.48. The summed E-state index contributed by atoms with van der Waals surface area (Å²) in [5.74, 6) is 2.35. The summed E-state index contributed by atoms with van der Waals surface area (Å²) in [6, 6.07) is 7.36. The number of carbonyl (C=O) groups excluding carboxylic acids is 1. The van der Waals surface area contributed by atoms with Gasteiger partial charge in [0, 0.05) is 10.8 Å². The van der Waals surface area contributed by atoms with Gasteiger partial charge in [-0.1, -0.05) is 12.1 Å². The number of carbonyl (C=O) groups is 1. The van der Waals surface area contributed by atoms with Gasteiger partial charge < -0.3 is 5.32 Å². The molecule has 0 saturated heterocycles. The van der Waals surface area contributed by atoms with Gasteiger partial charge in [-0.2, -0.15) is 0 Å². The van der Waals surface area contributed by atoms with E-state index in [2.05, 4.69) is 15.7 Å². The molecule has 6 nitrogen and oxygen atoms in total. The predicted molar refractivity (Wildman–Crippen MR) is 117 cm³/mol. The van der Waals surface area contributed by atoms with Crippen LogP contribution in [0.4, 0.5) is 5.13 Å². The van der Waals surface area contributed by atoms with Crippen LogP contribution in [0.25, 0.3) is 11.0 Å². The van der Waals surface area contributed by atoms with Crippen molar-refractivity contribution in [2.75, 3.05) is 5.32 Å². The Balaban J connectivity index is 1.22. The molecule has 30 heavy (non-hydrogen) atoms. The van der Waals surface area contributed by atoms with Gasteiger partial charge in [-0.15, -0.1) is 11.3 Å². The van der Waals surface area contributed by atoms with Crippen molar-refractivity contribution in [1.82, 2.24) is 14.5 Å². The van der Waals surface area contributed by atoms with Crippen LogP contribution in [0.3, 0.4) is 0 Å². The lowest BCUT2D eigenvalue weighted by atomic mass is 9.49. The molecule has 4 aliphatic rings. The maximum Gasteiger partial charge on any atom is 0.269 e. The Kier molecular flexibility index (Phi) is 4.10. The molecule has 7 rings (SSSR count). The zero-order chi connectivity index (χ0) is 20.3. The van der Waals surface area contributed by atoms with Crippen molar-refractivity contribution in [3.63, 3.8) is 0 Å². The first kappa shape index (κ1) is 18.2. The summed E-state index contributed by atoms with van der Waals surface area (Å²) in [4.78, 5) is 34.0. The van der Waals surface area contributed by atoms with Crippen LogP contribution in [-0.2, 0) is 16.8 Å². The quantitative estimate of drug-likeness (QED) is 0.693. The molecule has 3 aromatic rings. The molecular weight excluding hydrogens is 396 g/mol. The van der Waals surface area contributed by atoms with Gasteiger partial charge >= 0.3 is 0 Å². The van der Waals surface area contributed by atoms with E-state index in [0.717, 1.165) is 17.8 Å². The SMILES string of the molecule is O=C(Cn1c(=O)cnc2ccccc21)Nc1nc(C23CC4CC(CC(C4)C2)C3)cs1. The first-order valence-corrected chi connectivity index (χ1v) is 11.7. The molecule has 1 N–H and O–H groups in total. The van der Waals surface area contributed by atoms with Crippen LogP contribution in [-0.4, -0.2) is 20.4 Å². The molecule has 0 unspecified atom stereocenters. The Bertz CT molecular complexity index is 1160. The molecule has 1 aromatic carbocycles. The van der Waals surface area contributed by atoms with Gasteiger partial charge in [0.2, 0.25) is 5.91 Å². The van der Waals surface area contributed by atoms with Gasteiger partial charge in [-0.25, -0.2) is 9.97 Å². The topological polar surface area (TPSA) is 76.9 Å². The highest BCUT2D eigenvalue weighted by molar-refractivity contribution is 7.13. The molecule has 1 amide bonds. The van der Waals surface area contributed by atoms with Crippen LogP contribution in [0.1, 0.15) is 44.2 Å². The minimum Gasteiger partial charge on any atom is -0.300 e. The van der Waals surface area contributed by atoms with Crippen molar-refractivity contribution in [2.24, 2.45) is 17.8 Å². The Labute approximate surface area is 178 Å². The number of amides is 1. The van der Waals surface area contributed by atoms with E-state index in [0.29, 0.717) is 16.2 Å². The molecule has 2 heterocycles. The smallest absolute Gasteiger partial charge is 0.269 e. The second-order valence-electron chi connectivity index (χ2n) is 9.46. The minimum atomic E-state index is -0.280. The van der Waals surface area contributed by atoms with Crippen molar-refractivity contribution in [3.8, 4) is 0 Å². The summed E-state index contributed by atoms with van der Waals surface area (Å²) < 4.78 is 1.46.